The number of rotatable bonds is 5. The molecule has 0 unspecified atom stereocenters. The fourth-order valence-electron chi connectivity index (χ4n) is 3.54. The molecule has 0 spiro atoms. The number of nitrogen functional groups attached to an aromatic ring is 1. The lowest BCUT2D eigenvalue weighted by atomic mass is 9.98. The molecule has 0 aliphatic carbocycles. The van der Waals surface area contributed by atoms with Crippen molar-refractivity contribution < 1.29 is 32.0 Å². The van der Waals surface area contributed by atoms with Crippen molar-refractivity contribution in [2.24, 2.45) is 0 Å². The number of phosphoric acid groups is 1. The van der Waals surface area contributed by atoms with Crippen LogP contribution in [0, 0.1) is 0 Å². The van der Waals surface area contributed by atoms with Gasteiger partial charge in [-0.25, -0.2) is 13.9 Å². The van der Waals surface area contributed by atoms with E-state index in [0.29, 0.717) is 5.52 Å². The Morgan fingerprint density at radius 3 is 2.73 bits per heavy atom. The second kappa shape index (κ2) is 7.38. The van der Waals surface area contributed by atoms with Crippen LogP contribution in [0.4, 0.5) is 10.3 Å². The Hall–Kier alpha value is -1.85. The van der Waals surface area contributed by atoms with Gasteiger partial charge >= 0.3 is 7.82 Å². The molecule has 0 radical (unpaired) electrons. The van der Waals surface area contributed by atoms with Gasteiger partial charge in [-0.3, -0.25) is 18.1 Å². The third-order valence-corrected chi connectivity index (χ3v) is 6.30. The van der Waals surface area contributed by atoms with Gasteiger partial charge in [-0.2, -0.15) is 9.97 Å². The molecule has 2 saturated heterocycles. The van der Waals surface area contributed by atoms with Crippen LogP contribution >= 0.6 is 7.82 Å². The van der Waals surface area contributed by atoms with Gasteiger partial charge < -0.3 is 15.2 Å². The normalized spacial score (nSPS) is 34.1. The maximum atomic E-state index is 16.0. The van der Waals surface area contributed by atoms with Crippen LogP contribution in [0.15, 0.2) is 6.33 Å². The van der Waals surface area contributed by atoms with Crippen molar-refractivity contribution in [1.82, 2.24) is 19.5 Å². The largest absolute Gasteiger partial charge is 0.475 e. The molecule has 2 aliphatic heterocycles. The predicted octanol–water partition coefficient (Wildman–Crippen LogP) is 2.77. The average molecular weight is 445 g/mol. The van der Waals surface area contributed by atoms with Crippen molar-refractivity contribution in [2.45, 2.75) is 70.9 Å². The van der Waals surface area contributed by atoms with E-state index in [9.17, 15) is 4.57 Å². The molecule has 2 N–H and O–H groups in total. The summed E-state index contributed by atoms with van der Waals surface area (Å²) in [5, 5.41) is 0. The fraction of sp³-hybridized carbons (Fsp3) is 0.706. The minimum Gasteiger partial charge on any atom is -0.473 e. The third kappa shape index (κ3) is 3.67. The van der Waals surface area contributed by atoms with Crippen LogP contribution in [-0.4, -0.2) is 56.2 Å². The van der Waals surface area contributed by atoms with E-state index in [1.807, 2.05) is 13.8 Å². The van der Waals surface area contributed by atoms with Crippen molar-refractivity contribution in [3.05, 3.63) is 6.33 Å². The summed E-state index contributed by atoms with van der Waals surface area (Å²) in [6.45, 7) is 8.18. The Bertz CT molecular complexity index is 998. The Morgan fingerprint density at radius 2 is 2.07 bits per heavy atom. The molecule has 0 bridgehead atoms. The maximum absolute atomic E-state index is 16.0. The van der Waals surface area contributed by atoms with Crippen molar-refractivity contribution in [2.75, 3.05) is 12.3 Å². The number of phosphoric ester groups is 1. The van der Waals surface area contributed by atoms with Crippen LogP contribution in [0.1, 0.15) is 40.8 Å². The zero-order valence-electron chi connectivity index (χ0n) is 17.3. The highest BCUT2D eigenvalue weighted by Crippen LogP contribution is 2.60. The van der Waals surface area contributed by atoms with Crippen LogP contribution in [-0.2, 0) is 22.9 Å². The second-order valence-electron chi connectivity index (χ2n) is 7.98. The maximum Gasteiger partial charge on any atom is 0.475 e. The van der Waals surface area contributed by atoms with E-state index in [0.717, 1.165) is 0 Å². The summed E-state index contributed by atoms with van der Waals surface area (Å²) in [6, 6.07) is 0. The highest BCUT2D eigenvalue weighted by atomic mass is 31.2. The molecule has 13 heteroatoms. The van der Waals surface area contributed by atoms with Crippen molar-refractivity contribution >= 4 is 24.9 Å². The molecule has 5 atom stereocenters. The molecule has 11 nitrogen and oxygen atoms in total. The van der Waals surface area contributed by atoms with E-state index in [4.69, 9.17) is 28.8 Å². The number of hydrogen-bond donors (Lipinski definition) is 1. The lowest BCUT2D eigenvalue weighted by molar-refractivity contribution is -0.0733. The van der Waals surface area contributed by atoms with Crippen LogP contribution in [0.5, 0.6) is 5.88 Å². The summed E-state index contributed by atoms with van der Waals surface area (Å²) in [5.74, 6) is 0.141. The van der Waals surface area contributed by atoms with Gasteiger partial charge in [0.25, 0.3) is 0 Å². The number of ether oxygens (including phenoxy) is 2. The highest BCUT2D eigenvalue weighted by molar-refractivity contribution is 7.48. The third-order valence-electron chi connectivity index (χ3n) is 4.67. The van der Waals surface area contributed by atoms with Gasteiger partial charge in [0.05, 0.1) is 25.1 Å². The first-order valence-electron chi connectivity index (χ1n) is 9.62. The van der Waals surface area contributed by atoms with Crippen LogP contribution in [0.25, 0.3) is 11.2 Å². The van der Waals surface area contributed by atoms with E-state index < -0.39 is 38.0 Å². The fourth-order valence-corrected chi connectivity index (χ4v) is 5.18. The van der Waals surface area contributed by atoms with Gasteiger partial charge in [0.2, 0.25) is 11.8 Å². The summed E-state index contributed by atoms with van der Waals surface area (Å²) < 4.78 is 57.6. The number of fused-ring (bicyclic) bond motifs is 2. The second-order valence-corrected chi connectivity index (χ2v) is 9.55. The quantitative estimate of drug-likeness (QED) is 0.685. The number of anilines is 1. The number of nitrogens with two attached hydrogens (primary N) is 1. The van der Waals surface area contributed by atoms with E-state index in [-0.39, 0.29) is 30.2 Å². The smallest absolute Gasteiger partial charge is 0.473 e. The molecular weight excluding hydrogens is 420 g/mol. The SMILES string of the molecule is CC(C)Oc1nc(N)nc2c1ncn2[C@@H]1O[C@@H]2CO[P@](=O)(OC(C)C)O[C@H]2[C@@]1(C)F. The number of hydrogen-bond acceptors (Lipinski definition) is 10. The van der Waals surface area contributed by atoms with Gasteiger partial charge in [-0.15, -0.1) is 0 Å². The number of imidazole rings is 1. The van der Waals surface area contributed by atoms with Gasteiger partial charge in [0.15, 0.2) is 23.1 Å². The monoisotopic (exact) mass is 445 g/mol. The summed E-state index contributed by atoms with van der Waals surface area (Å²) in [6.07, 6.45) is -2.39. The molecule has 4 rings (SSSR count). The van der Waals surface area contributed by atoms with E-state index >= 15 is 4.39 Å². The number of alkyl halides is 1. The van der Waals surface area contributed by atoms with Gasteiger partial charge in [-0.1, -0.05) is 0 Å². The van der Waals surface area contributed by atoms with Crippen molar-refractivity contribution in [3.8, 4) is 5.88 Å². The molecule has 0 aromatic carbocycles. The summed E-state index contributed by atoms with van der Waals surface area (Å²) in [7, 11) is -3.91. The summed E-state index contributed by atoms with van der Waals surface area (Å²) in [4.78, 5) is 12.5. The zero-order valence-corrected chi connectivity index (χ0v) is 18.2. The minimum absolute atomic E-state index is 0.0507. The molecule has 166 valence electrons. The lowest BCUT2D eigenvalue weighted by Gasteiger charge is -2.34. The van der Waals surface area contributed by atoms with E-state index in [1.54, 1.807) is 13.8 Å². The highest BCUT2D eigenvalue weighted by Gasteiger charge is 2.61. The molecule has 4 heterocycles. The number of halogens is 1. The minimum atomic E-state index is -3.91. The summed E-state index contributed by atoms with van der Waals surface area (Å²) in [5.41, 5.74) is 4.28. The first kappa shape index (κ1) is 21.4. The zero-order chi connectivity index (χ0) is 21.8. The van der Waals surface area contributed by atoms with Crippen molar-refractivity contribution in [3.63, 3.8) is 0 Å². The Labute approximate surface area is 172 Å². The number of aromatic nitrogens is 4. The average Bonchev–Trinajstić information content (AvgIpc) is 3.12. The van der Waals surface area contributed by atoms with Gasteiger partial charge in [0, 0.05) is 0 Å². The van der Waals surface area contributed by atoms with E-state index in [1.165, 1.54) is 17.8 Å². The standard InChI is InChI=1S/C17H25FN5O6P/c1-8(2)26-14-11-13(21-16(19)22-14)23(7-20-11)15-17(5,18)12-10(27-15)6-25-30(24,29-12)28-9(3)4/h7-10,12,15H,6H2,1-5H3,(H2,19,21,22)/t10-,12-,15-,17-,30-/m1/s1. The molecule has 0 amide bonds. The van der Waals surface area contributed by atoms with Gasteiger partial charge in [0.1, 0.15) is 12.2 Å². The van der Waals surface area contributed by atoms with Gasteiger partial charge in [-0.05, 0) is 34.6 Å². The molecule has 30 heavy (non-hydrogen) atoms. The molecule has 2 aliphatic rings. The Balaban J connectivity index is 1.70. The van der Waals surface area contributed by atoms with Crippen LogP contribution < -0.4 is 10.5 Å². The van der Waals surface area contributed by atoms with Crippen LogP contribution in [0.3, 0.4) is 0 Å². The van der Waals surface area contributed by atoms with Crippen molar-refractivity contribution in [1.29, 1.82) is 0 Å². The predicted molar refractivity (Wildman–Crippen MR) is 104 cm³/mol. The first-order valence-corrected chi connectivity index (χ1v) is 11.1. The lowest BCUT2D eigenvalue weighted by Crippen LogP contribution is -2.45. The first-order chi connectivity index (χ1) is 14.0. The molecule has 2 fully saturated rings. The molecule has 2 aromatic heterocycles. The topological polar surface area (TPSA) is 133 Å². The Morgan fingerprint density at radius 1 is 1.33 bits per heavy atom. The van der Waals surface area contributed by atoms with E-state index in [2.05, 4.69) is 15.0 Å². The molecule has 2 aromatic rings. The number of nitrogens with zero attached hydrogens (tertiary/aromatic N) is 4. The van der Waals surface area contributed by atoms with Crippen LogP contribution in [0.2, 0.25) is 0 Å². The molecular formula is C17H25FN5O6P. The Kier molecular flexibility index (Phi) is 5.26. The molecule has 0 saturated carbocycles. The summed E-state index contributed by atoms with van der Waals surface area (Å²) >= 11 is 0.